The minimum absolute atomic E-state index is 0.00328. The zero-order valence-corrected chi connectivity index (χ0v) is 15.9. The van der Waals surface area contributed by atoms with Crippen LogP contribution >= 0.6 is 0 Å². The van der Waals surface area contributed by atoms with E-state index in [0.717, 1.165) is 12.1 Å². The van der Waals surface area contributed by atoms with Crippen molar-refractivity contribution in [3.05, 3.63) is 52.2 Å². The first-order valence-corrected chi connectivity index (χ1v) is 9.35. The fraction of sp³-hybridized carbons (Fsp3) is 0.286. The van der Waals surface area contributed by atoms with Crippen molar-refractivity contribution >= 4 is 11.0 Å². The highest BCUT2D eigenvalue weighted by Gasteiger charge is 2.46. The van der Waals surface area contributed by atoms with Crippen LogP contribution in [0, 0.1) is 0 Å². The van der Waals surface area contributed by atoms with Crippen LogP contribution in [0.15, 0.2) is 45.6 Å². The van der Waals surface area contributed by atoms with Gasteiger partial charge in [-0.1, -0.05) is 0 Å². The molecular weight excluding hydrogens is 412 g/mol. The molecular formula is C21H20O10. The summed E-state index contributed by atoms with van der Waals surface area (Å²) in [6.07, 6.45) is -8.01. The van der Waals surface area contributed by atoms with Gasteiger partial charge in [0.25, 0.3) is 0 Å². The summed E-state index contributed by atoms with van der Waals surface area (Å²) < 4.78 is 11.3. The maximum Gasteiger partial charge on any atom is 0.193 e. The second-order valence-electron chi connectivity index (χ2n) is 7.31. The average Bonchev–Trinajstić information content (AvgIpc) is 2.75. The molecule has 10 nitrogen and oxygen atoms in total. The number of fused-ring (bicyclic) bond motifs is 1. The molecule has 1 aromatic heterocycles. The quantitative estimate of drug-likeness (QED) is 0.280. The predicted molar refractivity (Wildman–Crippen MR) is 106 cm³/mol. The minimum Gasteiger partial charge on any atom is -0.508 e. The van der Waals surface area contributed by atoms with Gasteiger partial charge in [0.2, 0.25) is 0 Å². The molecule has 1 saturated heterocycles. The van der Waals surface area contributed by atoms with Gasteiger partial charge in [-0.15, -0.1) is 0 Å². The summed E-state index contributed by atoms with van der Waals surface area (Å²) in [7, 11) is 0. The molecule has 3 aromatic rings. The van der Waals surface area contributed by atoms with Crippen LogP contribution in [0.2, 0.25) is 0 Å². The van der Waals surface area contributed by atoms with Gasteiger partial charge in [0, 0.05) is 11.6 Å². The van der Waals surface area contributed by atoms with Crippen molar-refractivity contribution in [1.29, 1.82) is 0 Å². The van der Waals surface area contributed by atoms with Crippen LogP contribution in [0.5, 0.6) is 17.2 Å². The van der Waals surface area contributed by atoms with Crippen molar-refractivity contribution in [3.63, 3.8) is 0 Å². The van der Waals surface area contributed by atoms with Crippen LogP contribution in [-0.4, -0.2) is 66.8 Å². The molecule has 4 rings (SSSR count). The summed E-state index contributed by atoms with van der Waals surface area (Å²) in [5.41, 5.74) is -0.714. The molecule has 0 bridgehead atoms. The Hall–Kier alpha value is -3.15. The second kappa shape index (κ2) is 7.84. The standard InChI is InChI=1S/C21H20O10/c22-7-14-17(27)18(28)19(29)21(31-14)15-16(26)12(25)5-10-11(24)6-13(30-20(10)15)8-1-3-9(23)4-2-8/h1-6,14,17-19,21-23,25-29H,7H2/t14-,17-,18+,19-,21+/m1/s1. The van der Waals surface area contributed by atoms with Gasteiger partial charge in [0.05, 0.1) is 17.6 Å². The van der Waals surface area contributed by atoms with Crippen LogP contribution in [-0.2, 0) is 4.74 Å². The zero-order valence-electron chi connectivity index (χ0n) is 15.9. The van der Waals surface area contributed by atoms with Gasteiger partial charge in [-0.05, 0) is 30.3 Å². The molecule has 0 radical (unpaired) electrons. The van der Waals surface area contributed by atoms with Crippen molar-refractivity contribution < 1.29 is 44.9 Å². The second-order valence-corrected chi connectivity index (χ2v) is 7.31. The zero-order chi connectivity index (χ0) is 22.4. The lowest BCUT2D eigenvalue weighted by Gasteiger charge is -2.40. The van der Waals surface area contributed by atoms with Gasteiger partial charge >= 0.3 is 0 Å². The number of phenols is 3. The van der Waals surface area contributed by atoms with E-state index in [1.54, 1.807) is 0 Å². The largest absolute Gasteiger partial charge is 0.508 e. The van der Waals surface area contributed by atoms with Crippen molar-refractivity contribution in [3.8, 4) is 28.6 Å². The number of aliphatic hydroxyl groups is 4. The lowest BCUT2D eigenvalue weighted by molar-refractivity contribution is -0.231. The topological polar surface area (TPSA) is 181 Å². The van der Waals surface area contributed by atoms with E-state index in [2.05, 4.69) is 0 Å². The first-order valence-electron chi connectivity index (χ1n) is 9.35. The van der Waals surface area contributed by atoms with Crippen LogP contribution in [0.4, 0.5) is 0 Å². The number of phenolic OH excluding ortho intramolecular Hbond substituents is 3. The van der Waals surface area contributed by atoms with E-state index >= 15 is 0 Å². The fourth-order valence-electron chi connectivity index (χ4n) is 3.66. The van der Waals surface area contributed by atoms with E-state index in [-0.39, 0.29) is 28.0 Å². The molecule has 164 valence electrons. The highest BCUT2D eigenvalue weighted by molar-refractivity contribution is 5.86. The molecule has 1 fully saturated rings. The Morgan fingerprint density at radius 2 is 1.58 bits per heavy atom. The third-order valence-corrected chi connectivity index (χ3v) is 5.34. The molecule has 1 aliphatic rings. The summed E-state index contributed by atoms with van der Waals surface area (Å²) in [6.45, 7) is -0.707. The third kappa shape index (κ3) is 3.50. The van der Waals surface area contributed by atoms with Crippen LogP contribution in [0.25, 0.3) is 22.3 Å². The normalized spacial score (nSPS) is 26.3. The first-order chi connectivity index (χ1) is 14.7. The summed E-state index contributed by atoms with van der Waals surface area (Å²) in [5, 5.41) is 70.1. The SMILES string of the molecule is O=c1cc(-c2ccc(O)cc2)oc2c([C@@H]3O[C@H](CO)[C@@H](O)[C@H](O)[C@H]3O)c(O)c(O)cc12. The van der Waals surface area contributed by atoms with Gasteiger partial charge in [-0.2, -0.15) is 0 Å². The molecule has 7 N–H and O–H groups in total. The van der Waals surface area contributed by atoms with E-state index < -0.39 is 54.1 Å². The molecule has 31 heavy (non-hydrogen) atoms. The van der Waals surface area contributed by atoms with E-state index in [9.17, 15) is 40.5 Å². The summed E-state index contributed by atoms with van der Waals surface area (Å²) in [4.78, 5) is 12.7. The van der Waals surface area contributed by atoms with Gasteiger partial charge in [-0.3, -0.25) is 4.79 Å². The van der Waals surface area contributed by atoms with Gasteiger partial charge < -0.3 is 44.9 Å². The van der Waals surface area contributed by atoms with Crippen molar-refractivity contribution in [2.45, 2.75) is 30.5 Å². The van der Waals surface area contributed by atoms with Gasteiger partial charge in [0.15, 0.2) is 16.9 Å². The number of hydrogen-bond donors (Lipinski definition) is 7. The Labute approximate surface area is 174 Å². The van der Waals surface area contributed by atoms with Crippen LogP contribution in [0.1, 0.15) is 11.7 Å². The number of rotatable bonds is 3. The Kier molecular flexibility index (Phi) is 5.33. The third-order valence-electron chi connectivity index (χ3n) is 5.34. The fourth-order valence-corrected chi connectivity index (χ4v) is 3.66. The van der Waals surface area contributed by atoms with Crippen LogP contribution < -0.4 is 5.43 Å². The predicted octanol–water partition coefficient (Wildman–Crippen LogP) is 0.0917. The minimum atomic E-state index is -1.78. The highest BCUT2D eigenvalue weighted by atomic mass is 16.5. The smallest absolute Gasteiger partial charge is 0.193 e. The van der Waals surface area contributed by atoms with Crippen molar-refractivity contribution in [2.24, 2.45) is 0 Å². The maximum atomic E-state index is 12.7. The Bertz CT molecular complexity index is 1170. The number of benzene rings is 2. The van der Waals surface area contributed by atoms with Gasteiger partial charge in [-0.25, -0.2) is 0 Å². The van der Waals surface area contributed by atoms with Crippen LogP contribution in [0.3, 0.4) is 0 Å². The summed E-state index contributed by atoms with van der Waals surface area (Å²) >= 11 is 0. The number of hydrogen-bond acceptors (Lipinski definition) is 10. The number of aromatic hydroxyl groups is 3. The maximum absolute atomic E-state index is 12.7. The van der Waals surface area contributed by atoms with E-state index in [0.29, 0.717) is 5.56 Å². The monoisotopic (exact) mass is 432 g/mol. The molecule has 0 spiro atoms. The molecule has 10 heteroatoms. The molecule has 0 amide bonds. The van der Waals surface area contributed by atoms with Crippen molar-refractivity contribution in [2.75, 3.05) is 6.61 Å². The summed E-state index contributed by atoms with van der Waals surface area (Å²) in [6, 6.07) is 7.89. The molecule has 2 heterocycles. The Morgan fingerprint density at radius 1 is 0.903 bits per heavy atom. The van der Waals surface area contributed by atoms with Gasteiger partial charge in [0.1, 0.15) is 47.6 Å². The Balaban J connectivity index is 1.96. The highest BCUT2D eigenvalue weighted by Crippen LogP contribution is 2.44. The molecule has 0 unspecified atom stereocenters. The number of aliphatic hydroxyl groups excluding tert-OH is 4. The number of ether oxygens (including phenoxy) is 1. The lowest BCUT2D eigenvalue weighted by atomic mass is 9.89. The summed E-state index contributed by atoms with van der Waals surface area (Å²) in [5.74, 6) is -1.39. The Morgan fingerprint density at radius 3 is 2.23 bits per heavy atom. The van der Waals surface area contributed by atoms with E-state index in [1.165, 1.54) is 24.3 Å². The molecule has 0 aliphatic carbocycles. The molecule has 5 atom stereocenters. The first kappa shape index (κ1) is 21.1. The average molecular weight is 432 g/mol. The van der Waals surface area contributed by atoms with Crippen molar-refractivity contribution in [1.82, 2.24) is 0 Å². The molecule has 2 aromatic carbocycles. The lowest BCUT2D eigenvalue weighted by Crippen LogP contribution is -2.55. The van der Waals surface area contributed by atoms with E-state index in [4.69, 9.17) is 9.15 Å². The van der Waals surface area contributed by atoms with E-state index in [1.807, 2.05) is 0 Å². The molecule has 1 aliphatic heterocycles. The molecule has 0 saturated carbocycles.